The standard InChI is InChI=1S/C26H22N2O4S/c29-26(27-22-14-8-12-20-11-4-5-13-21(20)22)25-17-28(23-15-6-7-16-24(23)32-25)33(30,31)18-19-9-2-1-3-10-19/h1-16,25H,17-18H2,(H,27,29). The summed E-state index contributed by atoms with van der Waals surface area (Å²) in [5, 5.41) is 4.82. The SMILES string of the molecule is O=C(Nc1cccc2ccccc12)C1CN(S(=O)(=O)Cc2ccccc2)c2ccccc2O1. The molecule has 0 aromatic heterocycles. The van der Waals surface area contributed by atoms with E-state index < -0.39 is 22.0 Å². The van der Waals surface area contributed by atoms with Crippen LogP contribution in [0.25, 0.3) is 10.8 Å². The highest BCUT2D eigenvalue weighted by atomic mass is 32.2. The van der Waals surface area contributed by atoms with Crippen LogP contribution in [0.5, 0.6) is 5.75 Å². The summed E-state index contributed by atoms with van der Waals surface area (Å²) in [4.78, 5) is 13.2. The molecule has 5 rings (SSSR count). The van der Waals surface area contributed by atoms with Crippen LogP contribution in [0, 0.1) is 0 Å². The van der Waals surface area contributed by atoms with Crippen molar-refractivity contribution in [1.29, 1.82) is 0 Å². The first-order valence-corrected chi connectivity index (χ1v) is 12.2. The number of fused-ring (bicyclic) bond motifs is 2. The average Bonchev–Trinajstić information content (AvgIpc) is 2.84. The van der Waals surface area contributed by atoms with E-state index in [0.717, 1.165) is 10.8 Å². The monoisotopic (exact) mass is 458 g/mol. The molecule has 0 fully saturated rings. The Morgan fingerprint density at radius 3 is 2.42 bits per heavy atom. The lowest BCUT2D eigenvalue weighted by molar-refractivity contribution is -0.122. The Morgan fingerprint density at radius 2 is 1.58 bits per heavy atom. The molecule has 4 aromatic carbocycles. The fourth-order valence-corrected chi connectivity index (χ4v) is 5.60. The van der Waals surface area contributed by atoms with Gasteiger partial charge in [-0.1, -0.05) is 78.9 Å². The number of amides is 1. The van der Waals surface area contributed by atoms with Gasteiger partial charge >= 0.3 is 0 Å². The maximum absolute atomic E-state index is 13.4. The summed E-state index contributed by atoms with van der Waals surface area (Å²) in [6.45, 7) is -0.108. The van der Waals surface area contributed by atoms with E-state index in [9.17, 15) is 13.2 Å². The molecular formula is C26H22N2O4S. The van der Waals surface area contributed by atoms with Gasteiger partial charge < -0.3 is 10.1 Å². The van der Waals surface area contributed by atoms with Gasteiger partial charge in [0.05, 0.1) is 18.0 Å². The zero-order chi connectivity index (χ0) is 22.8. The van der Waals surface area contributed by atoms with Gasteiger partial charge in [-0.15, -0.1) is 0 Å². The highest BCUT2D eigenvalue weighted by molar-refractivity contribution is 7.92. The molecule has 1 N–H and O–H groups in total. The van der Waals surface area contributed by atoms with E-state index in [0.29, 0.717) is 22.7 Å². The number of rotatable bonds is 5. The summed E-state index contributed by atoms with van der Waals surface area (Å²) < 4.78 is 33.9. The molecule has 4 aromatic rings. The van der Waals surface area contributed by atoms with Gasteiger partial charge in [0.15, 0.2) is 6.10 Å². The second-order valence-corrected chi connectivity index (χ2v) is 9.76. The molecule has 1 unspecified atom stereocenters. The van der Waals surface area contributed by atoms with E-state index in [-0.39, 0.29) is 12.3 Å². The summed E-state index contributed by atoms with van der Waals surface area (Å²) >= 11 is 0. The fraction of sp³-hybridized carbons (Fsp3) is 0.115. The molecule has 0 spiro atoms. The number of carbonyl (C=O) groups excluding carboxylic acids is 1. The van der Waals surface area contributed by atoms with Gasteiger partial charge in [0, 0.05) is 11.1 Å². The predicted octanol–water partition coefficient (Wildman–Crippen LogP) is 4.58. The maximum atomic E-state index is 13.4. The van der Waals surface area contributed by atoms with Crippen LogP contribution in [-0.4, -0.2) is 27.0 Å². The van der Waals surface area contributed by atoms with Crippen molar-refractivity contribution in [2.45, 2.75) is 11.9 Å². The molecule has 0 saturated heterocycles. The van der Waals surface area contributed by atoms with E-state index in [1.165, 1.54) is 4.31 Å². The van der Waals surface area contributed by atoms with Crippen molar-refractivity contribution in [2.24, 2.45) is 0 Å². The first kappa shape index (κ1) is 21.0. The van der Waals surface area contributed by atoms with E-state index in [1.54, 1.807) is 48.5 Å². The van der Waals surface area contributed by atoms with Crippen LogP contribution in [0.4, 0.5) is 11.4 Å². The largest absolute Gasteiger partial charge is 0.476 e. The number of sulfonamides is 1. The Balaban J connectivity index is 1.44. The predicted molar refractivity (Wildman–Crippen MR) is 130 cm³/mol. The third-order valence-corrected chi connectivity index (χ3v) is 7.32. The molecule has 1 aliphatic heterocycles. The average molecular weight is 459 g/mol. The van der Waals surface area contributed by atoms with Crippen LogP contribution >= 0.6 is 0 Å². The fourth-order valence-electron chi connectivity index (χ4n) is 4.01. The van der Waals surface area contributed by atoms with Crippen LogP contribution in [0.15, 0.2) is 97.1 Å². The van der Waals surface area contributed by atoms with Crippen LogP contribution in [0.2, 0.25) is 0 Å². The van der Waals surface area contributed by atoms with E-state index in [1.807, 2.05) is 48.5 Å². The Kier molecular flexibility index (Phi) is 5.48. The molecule has 0 radical (unpaired) electrons. The minimum absolute atomic E-state index is 0.108. The number of hydrogen-bond acceptors (Lipinski definition) is 4. The van der Waals surface area contributed by atoms with E-state index in [2.05, 4.69) is 5.32 Å². The summed E-state index contributed by atoms with van der Waals surface area (Å²) in [6, 6.07) is 29.3. The number of hydrogen-bond donors (Lipinski definition) is 1. The van der Waals surface area contributed by atoms with Crippen molar-refractivity contribution in [3.63, 3.8) is 0 Å². The van der Waals surface area contributed by atoms with Crippen LogP contribution in [0.1, 0.15) is 5.56 Å². The first-order chi connectivity index (χ1) is 16.0. The highest BCUT2D eigenvalue weighted by Crippen LogP contribution is 2.36. The summed E-state index contributed by atoms with van der Waals surface area (Å²) in [7, 11) is -3.75. The molecule has 33 heavy (non-hydrogen) atoms. The van der Waals surface area contributed by atoms with Gasteiger partial charge in [0.1, 0.15) is 5.75 Å². The molecule has 0 saturated carbocycles. The Labute approximate surface area is 192 Å². The lowest BCUT2D eigenvalue weighted by Crippen LogP contribution is -2.49. The number of para-hydroxylation sites is 2. The third kappa shape index (κ3) is 4.27. The van der Waals surface area contributed by atoms with Gasteiger partial charge in [-0.05, 0) is 29.1 Å². The molecule has 1 amide bonds. The zero-order valence-corrected chi connectivity index (χ0v) is 18.5. The summed E-state index contributed by atoms with van der Waals surface area (Å²) in [5.74, 6) is -0.209. The van der Waals surface area contributed by atoms with E-state index in [4.69, 9.17) is 4.74 Å². The molecule has 7 heteroatoms. The molecule has 0 aliphatic carbocycles. The quantitative estimate of drug-likeness (QED) is 0.475. The minimum atomic E-state index is -3.75. The Morgan fingerprint density at radius 1 is 0.879 bits per heavy atom. The van der Waals surface area contributed by atoms with Crippen LogP contribution in [-0.2, 0) is 20.6 Å². The number of nitrogens with zero attached hydrogens (tertiary/aromatic N) is 1. The molecule has 166 valence electrons. The second-order valence-electron chi connectivity index (χ2n) is 7.86. The Bertz CT molecular complexity index is 1420. The van der Waals surface area contributed by atoms with Crippen molar-refractivity contribution in [3.05, 3.63) is 103 Å². The van der Waals surface area contributed by atoms with Crippen molar-refractivity contribution in [2.75, 3.05) is 16.2 Å². The van der Waals surface area contributed by atoms with Crippen molar-refractivity contribution < 1.29 is 17.9 Å². The lowest BCUT2D eigenvalue weighted by Gasteiger charge is -2.34. The topological polar surface area (TPSA) is 75.7 Å². The van der Waals surface area contributed by atoms with Gasteiger partial charge in [-0.25, -0.2) is 8.42 Å². The van der Waals surface area contributed by atoms with Crippen LogP contribution < -0.4 is 14.4 Å². The van der Waals surface area contributed by atoms with Crippen molar-refractivity contribution in [3.8, 4) is 5.75 Å². The molecule has 0 bridgehead atoms. The molecular weight excluding hydrogens is 436 g/mol. The van der Waals surface area contributed by atoms with Gasteiger partial charge in [0.2, 0.25) is 10.0 Å². The number of carbonyl (C=O) groups is 1. The summed E-state index contributed by atoms with van der Waals surface area (Å²) in [6.07, 6.45) is -0.996. The lowest BCUT2D eigenvalue weighted by atomic mass is 10.1. The van der Waals surface area contributed by atoms with Crippen molar-refractivity contribution in [1.82, 2.24) is 0 Å². The molecule has 1 aliphatic rings. The Hall–Kier alpha value is -3.84. The third-order valence-electron chi connectivity index (χ3n) is 5.60. The number of anilines is 2. The zero-order valence-electron chi connectivity index (χ0n) is 17.7. The number of benzene rings is 4. The van der Waals surface area contributed by atoms with Crippen molar-refractivity contribution >= 4 is 38.1 Å². The number of nitrogens with one attached hydrogen (secondary N) is 1. The van der Waals surface area contributed by atoms with Crippen LogP contribution in [0.3, 0.4) is 0 Å². The molecule has 6 nitrogen and oxygen atoms in total. The van der Waals surface area contributed by atoms with Gasteiger partial charge in [-0.3, -0.25) is 9.10 Å². The van der Waals surface area contributed by atoms with E-state index >= 15 is 0 Å². The highest BCUT2D eigenvalue weighted by Gasteiger charge is 2.36. The van der Waals surface area contributed by atoms with Gasteiger partial charge in [0.25, 0.3) is 5.91 Å². The first-order valence-electron chi connectivity index (χ1n) is 10.6. The smallest absolute Gasteiger partial charge is 0.267 e. The maximum Gasteiger partial charge on any atom is 0.267 e. The molecule has 1 heterocycles. The molecule has 1 atom stereocenters. The number of ether oxygens (including phenoxy) is 1. The second kappa shape index (κ2) is 8.60. The van der Waals surface area contributed by atoms with Gasteiger partial charge in [-0.2, -0.15) is 0 Å². The minimum Gasteiger partial charge on any atom is -0.476 e. The normalized spacial score (nSPS) is 15.5. The summed E-state index contributed by atoms with van der Waals surface area (Å²) in [5.41, 5.74) is 1.76.